The highest BCUT2D eigenvalue weighted by Gasteiger charge is 2.11. The van der Waals surface area contributed by atoms with Crippen LogP contribution in [0.15, 0.2) is 78.5 Å². The molecule has 2 heterocycles. The number of hydrogen-bond acceptors (Lipinski definition) is 1. The average molecular weight is 436 g/mol. The van der Waals surface area contributed by atoms with E-state index in [0.29, 0.717) is 0 Å². The Morgan fingerprint density at radius 1 is 1.13 bits per heavy atom. The Bertz CT molecular complexity index is 1040. The minimum absolute atomic E-state index is 0.802. The van der Waals surface area contributed by atoms with Gasteiger partial charge in [-0.1, -0.05) is 66.2 Å². The molecule has 0 saturated carbocycles. The molecular formula is C28H34ClNO. The van der Waals surface area contributed by atoms with Crippen LogP contribution < -0.4 is 4.74 Å². The molecule has 0 radical (unpaired) electrons. The third-order valence-electron chi connectivity index (χ3n) is 5.13. The van der Waals surface area contributed by atoms with Crippen LogP contribution in [-0.2, 0) is 6.42 Å². The van der Waals surface area contributed by atoms with Gasteiger partial charge in [0.25, 0.3) is 0 Å². The van der Waals surface area contributed by atoms with Gasteiger partial charge in [-0.25, -0.2) is 0 Å². The van der Waals surface area contributed by atoms with Crippen LogP contribution in [-0.4, -0.2) is 11.6 Å². The molecule has 1 aliphatic rings. The zero-order valence-corrected chi connectivity index (χ0v) is 20.1. The van der Waals surface area contributed by atoms with Crippen LogP contribution >= 0.6 is 11.6 Å². The van der Waals surface area contributed by atoms with E-state index in [9.17, 15) is 0 Å². The quantitative estimate of drug-likeness (QED) is 0.400. The number of aromatic nitrogens is 1. The molecule has 0 spiro atoms. The first-order valence-corrected chi connectivity index (χ1v) is 11.1. The molecule has 0 unspecified atom stereocenters. The minimum Gasteiger partial charge on any atom is -0.493 e. The van der Waals surface area contributed by atoms with E-state index in [1.54, 1.807) is 0 Å². The number of aromatic amines is 1. The number of para-hydroxylation sites is 1. The lowest BCUT2D eigenvalue weighted by molar-refractivity contribution is 0.288. The molecule has 3 heteroatoms. The summed E-state index contributed by atoms with van der Waals surface area (Å²) >= 11 is 5.97. The summed E-state index contributed by atoms with van der Waals surface area (Å²) in [7, 11) is 0. The number of aryl methyl sites for hydroxylation is 3. The van der Waals surface area contributed by atoms with E-state index in [1.165, 1.54) is 33.2 Å². The summed E-state index contributed by atoms with van der Waals surface area (Å²) in [5, 5.41) is 2.09. The molecule has 0 amide bonds. The van der Waals surface area contributed by atoms with Crippen molar-refractivity contribution in [2.24, 2.45) is 0 Å². The van der Waals surface area contributed by atoms with E-state index in [0.717, 1.165) is 35.8 Å². The van der Waals surface area contributed by atoms with Crippen LogP contribution in [0, 0.1) is 13.8 Å². The number of H-pyrrole nitrogens is 1. The molecule has 0 aliphatic carbocycles. The van der Waals surface area contributed by atoms with Crippen molar-refractivity contribution in [1.29, 1.82) is 0 Å². The van der Waals surface area contributed by atoms with Gasteiger partial charge in [-0.15, -0.1) is 0 Å². The summed E-state index contributed by atoms with van der Waals surface area (Å²) < 4.78 is 5.47. The Hall–Kier alpha value is -2.71. The summed E-state index contributed by atoms with van der Waals surface area (Å²) in [6.45, 7) is 14.8. The largest absolute Gasteiger partial charge is 0.493 e. The molecular weight excluding hydrogens is 402 g/mol. The monoisotopic (exact) mass is 435 g/mol. The number of rotatable bonds is 2. The number of hydrogen-bond donors (Lipinski definition) is 1. The lowest BCUT2D eigenvalue weighted by Gasteiger charge is -2.17. The topological polar surface area (TPSA) is 25.0 Å². The van der Waals surface area contributed by atoms with E-state index >= 15 is 0 Å². The molecule has 0 bridgehead atoms. The number of fused-ring (bicyclic) bond motifs is 2. The SMILES string of the molecule is C=CC(/C=C\C)=C(C)C.Cc1cc2c(cc1Cl)OCCC2.Cc1cccc2cc[nH]c12. The second-order valence-corrected chi connectivity index (χ2v) is 8.24. The fourth-order valence-electron chi connectivity index (χ4n) is 3.36. The van der Waals surface area contributed by atoms with E-state index in [2.05, 4.69) is 68.7 Å². The molecule has 4 rings (SSSR count). The van der Waals surface area contributed by atoms with Gasteiger partial charge in [-0.2, -0.15) is 0 Å². The summed E-state index contributed by atoms with van der Waals surface area (Å²) in [5.74, 6) is 0.969. The normalized spacial score (nSPS) is 12.1. The zero-order chi connectivity index (χ0) is 22.8. The van der Waals surface area contributed by atoms with Crippen molar-refractivity contribution in [3.8, 4) is 5.75 Å². The number of nitrogens with one attached hydrogen (secondary N) is 1. The van der Waals surface area contributed by atoms with Crippen LogP contribution in [0.3, 0.4) is 0 Å². The number of ether oxygens (including phenoxy) is 1. The van der Waals surface area contributed by atoms with E-state index in [1.807, 2.05) is 38.3 Å². The molecule has 1 aliphatic heterocycles. The van der Waals surface area contributed by atoms with Gasteiger partial charge in [0.2, 0.25) is 0 Å². The lowest BCUT2D eigenvalue weighted by atomic mass is 10.0. The molecule has 2 nitrogen and oxygen atoms in total. The van der Waals surface area contributed by atoms with Gasteiger partial charge in [0.15, 0.2) is 0 Å². The Balaban J connectivity index is 0.000000168. The van der Waals surface area contributed by atoms with Gasteiger partial charge in [0.05, 0.1) is 6.61 Å². The second-order valence-electron chi connectivity index (χ2n) is 7.84. The minimum atomic E-state index is 0.802. The Morgan fingerprint density at radius 3 is 2.52 bits per heavy atom. The first-order chi connectivity index (χ1) is 14.9. The fourth-order valence-corrected chi connectivity index (χ4v) is 3.51. The van der Waals surface area contributed by atoms with Gasteiger partial charge >= 0.3 is 0 Å². The summed E-state index contributed by atoms with van der Waals surface area (Å²) in [6.07, 6.45) is 10.2. The van der Waals surface area contributed by atoms with Crippen molar-refractivity contribution < 1.29 is 4.74 Å². The molecule has 0 saturated heterocycles. The highest BCUT2D eigenvalue weighted by Crippen LogP contribution is 2.30. The van der Waals surface area contributed by atoms with Crippen molar-refractivity contribution >= 4 is 22.5 Å². The third kappa shape index (κ3) is 7.18. The van der Waals surface area contributed by atoms with Crippen molar-refractivity contribution in [2.45, 2.75) is 47.5 Å². The maximum Gasteiger partial charge on any atom is 0.123 e. The molecule has 2 aromatic carbocycles. The fraction of sp³-hybridized carbons (Fsp3) is 0.286. The first-order valence-electron chi connectivity index (χ1n) is 10.7. The highest BCUT2D eigenvalue weighted by molar-refractivity contribution is 6.31. The van der Waals surface area contributed by atoms with Crippen molar-refractivity contribution in [3.05, 3.63) is 100 Å². The van der Waals surface area contributed by atoms with Crippen LogP contribution in [0.25, 0.3) is 10.9 Å². The first kappa shape index (κ1) is 24.6. The maximum absolute atomic E-state index is 5.97. The molecule has 1 aromatic heterocycles. The number of benzene rings is 2. The van der Waals surface area contributed by atoms with Crippen molar-refractivity contribution in [1.82, 2.24) is 4.98 Å². The van der Waals surface area contributed by atoms with Gasteiger partial charge in [-0.3, -0.25) is 0 Å². The van der Waals surface area contributed by atoms with Gasteiger partial charge in [0.1, 0.15) is 5.75 Å². The second kappa shape index (κ2) is 12.2. The van der Waals surface area contributed by atoms with Crippen LogP contribution in [0.1, 0.15) is 43.9 Å². The van der Waals surface area contributed by atoms with Crippen LogP contribution in [0.2, 0.25) is 5.02 Å². The zero-order valence-electron chi connectivity index (χ0n) is 19.4. The molecule has 164 valence electrons. The average Bonchev–Trinajstić information content (AvgIpc) is 3.24. The molecule has 0 atom stereocenters. The summed E-state index contributed by atoms with van der Waals surface area (Å²) in [6, 6.07) is 12.4. The lowest BCUT2D eigenvalue weighted by Crippen LogP contribution is -2.08. The highest BCUT2D eigenvalue weighted by atomic mass is 35.5. The van der Waals surface area contributed by atoms with E-state index in [-0.39, 0.29) is 0 Å². The Morgan fingerprint density at radius 2 is 1.90 bits per heavy atom. The molecule has 0 fully saturated rings. The Labute approximate surface area is 192 Å². The standard InChI is InChI=1S/C10H11ClO.C9H9N.C9H14/c1-7-5-8-3-2-4-12-10(8)6-9(7)11;1-7-3-2-4-8-5-6-10-9(7)8;1-5-7-9(6-2)8(3)4/h5-6H,2-4H2,1H3;2-6,10H,1H3;5-7H,2H2,1,3-4H3/b;;7-5-. The van der Waals surface area contributed by atoms with Gasteiger partial charge < -0.3 is 9.72 Å². The van der Waals surface area contributed by atoms with E-state index in [4.69, 9.17) is 16.3 Å². The number of halogens is 1. The molecule has 1 N–H and O–H groups in total. The summed E-state index contributed by atoms with van der Waals surface area (Å²) in [4.78, 5) is 3.19. The molecule has 3 aromatic rings. The predicted octanol–water partition coefficient (Wildman–Crippen LogP) is 8.53. The maximum atomic E-state index is 5.97. The van der Waals surface area contributed by atoms with E-state index < -0.39 is 0 Å². The van der Waals surface area contributed by atoms with Crippen molar-refractivity contribution in [2.75, 3.05) is 6.61 Å². The Kier molecular flexibility index (Phi) is 9.68. The van der Waals surface area contributed by atoms with Gasteiger partial charge in [0, 0.05) is 16.7 Å². The molecule has 31 heavy (non-hydrogen) atoms. The smallest absolute Gasteiger partial charge is 0.123 e. The summed E-state index contributed by atoms with van der Waals surface area (Å²) in [5.41, 5.74) is 7.52. The van der Waals surface area contributed by atoms with Crippen molar-refractivity contribution in [3.63, 3.8) is 0 Å². The third-order valence-corrected chi connectivity index (χ3v) is 5.54. The van der Waals surface area contributed by atoms with Gasteiger partial charge in [-0.05, 0) is 87.2 Å². The predicted molar refractivity (Wildman–Crippen MR) is 136 cm³/mol. The number of allylic oxidation sites excluding steroid dienone is 5. The van der Waals surface area contributed by atoms with Crippen LogP contribution in [0.5, 0.6) is 5.75 Å². The van der Waals surface area contributed by atoms with Crippen LogP contribution in [0.4, 0.5) is 0 Å².